The highest BCUT2D eigenvalue weighted by Gasteiger charge is 2.59. The highest BCUT2D eigenvalue weighted by atomic mass is 16.5. The fraction of sp³-hybridized carbons (Fsp3) is 1.00. The van der Waals surface area contributed by atoms with Crippen molar-refractivity contribution in [2.24, 2.45) is 11.3 Å². The van der Waals surface area contributed by atoms with Gasteiger partial charge < -0.3 is 10.1 Å². The van der Waals surface area contributed by atoms with Gasteiger partial charge in [-0.1, -0.05) is 13.8 Å². The van der Waals surface area contributed by atoms with Crippen molar-refractivity contribution in [2.45, 2.75) is 77.6 Å². The number of nitrogens with zero attached hydrogens (tertiary/aromatic N) is 1. The van der Waals surface area contributed by atoms with E-state index in [1.807, 2.05) is 0 Å². The SMILES string of the molecule is CC1(C)C(NC2CCN(C(C)(C)C)CC2)C2CCOC21. The van der Waals surface area contributed by atoms with Crippen LogP contribution in [0.4, 0.5) is 0 Å². The average Bonchev–Trinajstić information content (AvgIpc) is 2.82. The number of hydrogen-bond donors (Lipinski definition) is 1. The molecule has 0 bridgehead atoms. The maximum Gasteiger partial charge on any atom is 0.0685 e. The summed E-state index contributed by atoms with van der Waals surface area (Å²) in [6.07, 6.45) is 4.35. The van der Waals surface area contributed by atoms with Gasteiger partial charge in [0.1, 0.15) is 0 Å². The molecule has 0 amide bonds. The van der Waals surface area contributed by atoms with E-state index in [0.717, 1.165) is 12.5 Å². The van der Waals surface area contributed by atoms with Gasteiger partial charge in [0, 0.05) is 48.7 Å². The van der Waals surface area contributed by atoms with Crippen LogP contribution in [0, 0.1) is 11.3 Å². The minimum absolute atomic E-state index is 0.322. The molecule has 2 aliphatic heterocycles. The maximum atomic E-state index is 5.90. The van der Waals surface area contributed by atoms with Gasteiger partial charge in [-0.15, -0.1) is 0 Å². The summed E-state index contributed by atoms with van der Waals surface area (Å²) in [5, 5.41) is 3.98. The summed E-state index contributed by atoms with van der Waals surface area (Å²) in [6.45, 7) is 15.2. The first-order valence-electron chi connectivity index (χ1n) is 8.43. The van der Waals surface area contributed by atoms with Crippen LogP contribution in [0.5, 0.6) is 0 Å². The Morgan fingerprint density at radius 3 is 2.35 bits per heavy atom. The highest BCUT2D eigenvalue weighted by Crippen LogP contribution is 2.52. The molecule has 3 nitrogen and oxygen atoms in total. The van der Waals surface area contributed by atoms with Crippen LogP contribution in [0.25, 0.3) is 0 Å². The lowest BCUT2D eigenvalue weighted by atomic mass is 9.57. The third-order valence-electron chi connectivity index (χ3n) is 5.96. The molecule has 1 saturated carbocycles. The topological polar surface area (TPSA) is 24.5 Å². The molecule has 3 unspecified atom stereocenters. The van der Waals surface area contributed by atoms with Gasteiger partial charge in [-0.05, 0) is 40.0 Å². The molecule has 0 aromatic carbocycles. The van der Waals surface area contributed by atoms with Gasteiger partial charge in [-0.2, -0.15) is 0 Å². The third kappa shape index (κ3) is 2.42. The summed E-state index contributed by atoms with van der Waals surface area (Å²) in [6, 6.07) is 1.38. The van der Waals surface area contributed by atoms with Crippen LogP contribution in [0.2, 0.25) is 0 Å². The monoisotopic (exact) mass is 280 g/mol. The van der Waals surface area contributed by atoms with Gasteiger partial charge in [0.05, 0.1) is 6.10 Å². The Bertz CT molecular complexity index is 352. The first kappa shape index (κ1) is 14.8. The molecule has 1 N–H and O–H groups in total. The van der Waals surface area contributed by atoms with Crippen molar-refractivity contribution in [3.8, 4) is 0 Å². The molecule has 3 fully saturated rings. The van der Waals surface area contributed by atoms with E-state index in [1.165, 1.54) is 32.4 Å². The number of likely N-dealkylation sites (tertiary alicyclic amines) is 1. The van der Waals surface area contributed by atoms with E-state index in [2.05, 4.69) is 44.8 Å². The Hall–Kier alpha value is -0.120. The van der Waals surface area contributed by atoms with Crippen LogP contribution in [0.15, 0.2) is 0 Å². The number of nitrogens with one attached hydrogen (secondary N) is 1. The fourth-order valence-electron chi connectivity index (χ4n) is 4.63. The van der Waals surface area contributed by atoms with Gasteiger partial charge >= 0.3 is 0 Å². The summed E-state index contributed by atoms with van der Waals surface area (Å²) >= 11 is 0. The van der Waals surface area contributed by atoms with Crippen molar-refractivity contribution in [2.75, 3.05) is 19.7 Å². The van der Waals surface area contributed by atoms with Crippen LogP contribution in [0.1, 0.15) is 53.9 Å². The summed E-state index contributed by atoms with van der Waals surface area (Å²) in [5.74, 6) is 0.769. The van der Waals surface area contributed by atoms with Crippen LogP contribution >= 0.6 is 0 Å². The van der Waals surface area contributed by atoms with Crippen molar-refractivity contribution in [3.05, 3.63) is 0 Å². The molecular formula is C17H32N2O. The van der Waals surface area contributed by atoms with Crippen molar-refractivity contribution in [1.29, 1.82) is 0 Å². The molecule has 3 rings (SSSR count). The Balaban J connectivity index is 1.53. The largest absolute Gasteiger partial charge is 0.377 e. The Kier molecular flexibility index (Phi) is 3.67. The molecule has 2 heterocycles. The number of piperidine rings is 1. The smallest absolute Gasteiger partial charge is 0.0685 e. The maximum absolute atomic E-state index is 5.90. The van der Waals surface area contributed by atoms with Crippen LogP contribution in [-0.2, 0) is 4.74 Å². The van der Waals surface area contributed by atoms with Crippen LogP contribution < -0.4 is 5.32 Å². The zero-order valence-electron chi connectivity index (χ0n) is 13.9. The minimum atomic E-state index is 0.322. The van der Waals surface area contributed by atoms with E-state index in [9.17, 15) is 0 Å². The minimum Gasteiger partial charge on any atom is -0.377 e. The van der Waals surface area contributed by atoms with E-state index in [1.54, 1.807) is 0 Å². The zero-order valence-corrected chi connectivity index (χ0v) is 13.9. The lowest BCUT2D eigenvalue weighted by molar-refractivity contribution is -0.117. The van der Waals surface area contributed by atoms with E-state index in [4.69, 9.17) is 4.74 Å². The highest BCUT2D eigenvalue weighted by molar-refractivity contribution is 5.12. The van der Waals surface area contributed by atoms with Gasteiger partial charge in [-0.3, -0.25) is 4.90 Å². The van der Waals surface area contributed by atoms with Gasteiger partial charge in [-0.25, -0.2) is 0 Å². The third-order valence-corrected chi connectivity index (χ3v) is 5.96. The second-order valence-electron chi connectivity index (χ2n) is 8.64. The van der Waals surface area contributed by atoms with E-state index >= 15 is 0 Å². The van der Waals surface area contributed by atoms with E-state index < -0.39 is 0 Å². The molecule has 0 aromatic heterocycles. The molecule has 3 heteroatoms. The van der Waals surface area contributed by atoms with Crippen LogP contribution in [-0.4, -0.2) is 48.3 Å². The average molecular weight is 280 g/mol. The second kappa shape index (κ2) is 4.96. The first-order valence-corrected chi connectivity index (χ1v) is 8.43. The molecule has 0 aromatic rings. The van der Waals surface area contributed by atoms with Gasteiger partial charge in [0.25, 0.3) is 0 Å². The van der Waals surface area contributed by atoms with E-state index in [0.29, 0.717) is 29.1 Å². The van der Waals surface area contributed by atoms with Gasteiger partial charge in [0.2, 0.25) is 0 Å². The Morgan fingerprint density at radius 2 is 1.75 bits per heavy atom. The molecule has 116 valence electrons. The summed E-state index contributed by atoms with van der Waals surface area (Å²) in [4.78, 5) is 2.62. The molecule has 2 saturated heterocycles. The standard InChI is InChI=1S/C17H32N2O/c1-16(2,3)19-9-6-12(7-10-19)18-14-13-8-11-20-15(13)17(14,4)5/h12-15,18H,6-11H2,1-5H3. The lowest BCUT2D eigenvalue weighted by Crippen LogP contribution is -2.68. The summed E-state index contributed by atoms with van der Waals surface area (Å²) in [7, 11) is 0. The summed E-state index contributed by atoms with van der Waals surface area (Å²) in [5.41, 5.74) is 0.646. The quantitative estimate of drug-likeness (QED) is 0.841. The Morgan fingerprint density at radius 1 is 1.10 bits per heavy atom. The fourth-order valence-corrected chi connectivity index (χ4v) is 4.63. The molecule has 0 spiro atoms. The molecular weight excluding hydrogens is 248 g/mol. The van der Waals surface area contributed by atoms with Crippen molar-refractivity contribution in [1.82, 2.24) is 10.2 Å². The number of ether oxygens (including phenoxy) is 1. The van der Waals surface area contributed by atoms with Crippen molar-refractivity contribution >= 4 is 0 Å². The number of hydrogen-bond acceptors (Lipinski definition) is 3. The van der Waals surface area contributed by atoms with Gasteiger partial charge in [0.15, 0.2) is 0 Å². The first-order chi connectivity index (χ1) is 9.30. The zero-order chi connectivity index (χ0) is 14.5. The number of rotatable bonds is 2. The molecule has 3 atom stereocenters. The lowest BCUT2D eigenvalue weighted by Gasteiger charge is -2.56. The predicted octanol–water partition coefficient (Wildman–Crippen LogP) is 2.65. The molecule has 1 aliphatic carbocycles. The predicted molar refractivity (Wildman–Crippen MR) is 82.9 cm³/mol. The molecule has 3 aliphatic rings. The number of fused-ring (bicyclic) bond motifs is 1. The Labute approximate surface area is 124 Å². The second-order valence-corrected chi connectivity index (χ2v) is 8.64. The molecule has 0 radical (unpaired) electrons. The van der Waals surface area contributed by atoms with E-state index in [-0.39, 0.29) is 0 Å². The van der Waals surface area contributed by atoms with Crippen molar-refractivity contribution < 1.29 is 4.74 Å². The summed E-state index contributed by atoms with van der Waals surface area (Å²) < 4.78 is 5.90. The van der Waals surface area contributed by atoms with Crippen molar-refractivity contribution in [3.63, 3.8) is 0 Å². The normalized spacial score (nSPS) is 38.5. The van der Waals surface area contributed by atoms with Crippen LogP contribution in [0.3, 0.4) is 0 Å². The molecule has 20 heavy (non-hydrogen) atoms.